The van der Waals surface area contributed by atoms with Gasteiger partial charge in [-0.1, -0.05) is 62.4 Å². The number of hydrogen-bond donors (Lipinski definition) is 4. The number of benzene rings is 2. The van der Waals surface area contributed by atoms with Crippen molar-refractivity contribution >= 4 is 29.7 Å². The second kappa shape index (κ2) is 15.9. The number of rotatable bonds is 9. The predicted molar refractivity (Wildman–Crippen MR) is 167 cm³/mol. The fraction of sp³-hybridized carbons (Fsp3) is 0.441. The van der Waals surface area contributed by atoms with Crippen LogP contribution in [0.2, 0.25) is 0 Å². The molecule has 0 spiro atoms. The molecule has 45 heavy (non-hydrogen) atoms. The number of carbonyl (C=O) groups excluding carboxylic acids is 5. The van der Waals surface area contributed by atoms with Crippen LogP contribution in [0.15, 0.2) is 66.7 Å². The van der Waals surface area contributed by atoms with Crippen LogP contribution in [0.5, 0.6) is 5.75 Å². The summed E-state index contributed by atoms with van der Waals surface area (Å²) in [5.41, 5.74) is 0.706. The number of cyclic esters (lactones) is 1. The summed E-state index contributed by atoms with van der Waals surface area (Å²) < 4.78 is 11.0. The van der Waals surface area contributed by atoms with Gasteiger partial charge in [-0.3, -0.25) is 14.4 Å². The van der Waals surface area contributed by atoms with Gasteiger partial charge in [0.25, 0.3) is 0 Å². The van der Waals surface area contributed by atoms with Gasteiger partial charge in [-0.2, -0.15) is 0 Å². The van der Waals surface area contributed by atoms with Crippen LogP contribution < -0.4 is 16.0 Å². The van der Waals surface area contributed by atoms with Crippen LogP contribution in [-0.4, -0.2) is 65.1 Å². The zero-order valence-electron chi connectivity index (χ0n) is 26.4. The lowest BCUT2D eigenvalue weighted by Gasteiger charge is -2.26. The van der Waals surface area contributed by atoms with E-state index in [1.807, 2.05) is 30.3 Å². The van der Waals surface area contributed by atoms with Gasteiger partial charge in [0.1, 0.15) is 23.4 Å². The van der Waals surface area contributed by atoms with E-state index < -0.39 is 53.5 Å². The minimum Gasteiger partial charge on any atom is -0.508 e. The van der Waals surface area contributed by atoms with Gasteiger partial charge in [0, 0.05) is 18.8 Å². The van der Waals surface area contributed by atoms with E-state index in [2.05, 4.69) is 16.0 Å². The van der Waals surface area contributed by atoms with E-state index in [1.54, 1.807) is 46.8 Å². The molecule has 1 aliphatic heterocycles. The molecule has 0 radical (unpaired) electrons. The molecule has 4 atom stereocenters. The van der Waals surface area contributed by atoms with Crippen LogP contribution in [0.25, 0.3) is 0 Å². The lowest BCUT2D eigenvalue weighted by atomic mass is 9.94. The van der Waals surface area contributed by atoms with Crippen molar-refractivity contribution in [1.29, 1.82) is 0 Å². The summed E-state index contributed by atoms with van der Waals surface area (Å²) in [5.74, 6) is -3.12. The molecule has 11 nitrogen and oxygen atoms in total. The Labute approximate surface area is 263 Å². The molecule has 3 amide bonds. The van der Waals surface area contributed by atoms with Crippen LogP contribution in [0.1, 0.15) is 52.2 Å². The van der Waals surface area contributed by atoms with Crippen molar-refractivity contribution in [3.63, 3.8) is 0 Å². The largest absolute Gasteiger partial charge is 0.508 e. The molecule has 4 N–H and O–H groups in total. The monoisotopic (exact) mass is 621 g/mol. The molecule has 11 heteroatoms. The van der Waals surface area contributed by atoms with Crippen molar-refractivity contribution in [1.82, 2.24) is 16.0 Å². The number of phenols is 1. The summed E-state index contributed by atoms with van der Waals surface area (Å²) in [6.07, 6.45) is 2.06. The number of aromatic hydroxyl groups is 1. The summed E-state index contributed by atoms with van der Waals surface area (Å²) >= 11 is 0. The van der Waals surface area contributed by atoms with E-state index >= 15 is 0 Å². The third kappa shape index (κ3) is 11.7. The number of ether oxygens (including phenoxy) is 2. The van der Waals surface area contributed by atoms with Crippen molar-refractivity contribution in [2.75, 3.05) is 6.61 Å². The van der Waals surface area contributed by atoms with Crippen LogP contribution in [0, 0.1) is 11.8 Å². The molecular weight excluding hydrogens is 578 g/mol. The van der Waals surface area contributed by atoms with Gasteiger partial charge in [-0.25, -0.2) is 9.59 Å². The lowest BCUT2D eigenvalue weighted by molar-refractivity contribution is -0.149. The van der Waals surface area contributed by atoms with Crippen molar-refractivity contribution in [3.05, 3.63) is 77.9 Å². The lowest BCUT2D eigenvalue weighted by Crippen LogP contribution is -2.54. The van der Waals surface area contributed by atoms with E-state index in [0.29, 0.717) is 5.56 Å². The van der Waals surface area contributed by atoms with Gasteiger partial charge < -0.3 is 30.5 Å². The highest BCUT2D eigenvalue weighted by atomic mass is 16.6. The highest BCUT2D eigenvalue weighted by Crippen LogP contribution is 2.17. The van der Waals surface area contributed by atoms with Crippen molar-refractivity contribution in [3.8, 4) is 5.75 Å². The molecule has 1 aliphatic rings. The second-order valence-corrected chi connectivity index (χ2v) is 12.5. The number of ketones is 1. The first-order valence-corrected chi connectivity index (χ1v) is 15.0. The Kier molecular flexibility index (Phi) is 12.3. The van der Waals surface area contributed by atoms with Crippen LogP contribution >= 0.6 is 0 Å². The molecule has 0 saturated carbocycles. The Morgan fingerprint density at radius 3 is 2.29 bits per heavy atom. The highest BCUT2D eigenvalue weighted by molar-refractivity contribution is 5.95. The number of esters is 1. The first-order chi connectivity index (χ1) is 21.2. The van der Waals surface area contributed by atoms with Crippen molar-refractivity contribution < 1.29 is 38.6 Å². The molecule has 2 aromatic carbocycles. The maximum atomic E-state index is 13.6. The average molecular weight is 622 g/mol. The Morgan fingerprint density at radius 2 is 1.67 bits per heavy atom. The second-order valence-electron chi connectivity index (χ2n) is 12.5. The zero-order chi connectivity index (χ0) is 33.1. The van der Waals surface area contributed by atoms with Gasteiger partial charge in [0.2, 0.25) is 11.8 Å². The number of amides is 3. The Morgan fingerprint density at radius 1 is 1.00 bits per heavy atom. The molecule has 0 fully saturated rings. The first-order valence-electron chi connectivity index (χ1n) is 15.0. The molecule has 0 unspecified atom stereocenters. The van der Waals surface area contributed by atoms with Gasteiger partial charge in [-0.15, -0.1) is 0 Å². The van der Waals surface area contributed by atoms with Crippen LogP contribution in [0.4, 0.5) is 4.79 Å². The standard InChI is InChI=1S/C34H43N3O8/c1-21(2)30-31(41)35-27(18-23-11-14-25(38)15-12-23)32(42)44-20-24(13-16-29(40)37-30)19-28(39)26(17-22-9-7-6-8-10-22)36-33(43)45-34(3,4)5/h6-16,21,24,26-27,30,38H,17-20H2,1-5H3,(H,35,41)(H,36,43)(H,37,40)/b16-13+/t24-,26-,27-,30-/m0/s1. The van der Waals surface area contributed by atoms with Gasteiger partial charge in [-0.05, 0) is 62.4 Å². The number of nitrogens with one attached hydrogen (secondary N) is 3. The van der Waals surface area contributed by atoms with E-state index in [-0.39, 0.29) is 43.3 Å². The van der Waals surface area contributed by atoms with Crippen LogP contribution in [-0.2, 0) is 41.5 Å². The molecule has 1 heterocycles. The third-order valence-corrected chi connectivity index (χ3v) is 7.01. The highest BCUT2D eigenvalue weighted by Gasteiger charge is 2.32. The molecule has 242 valence electrons. The number of phenolic OH excluding ortho intramolecular Hbond substituents is 1. The fourth-order valence-electron chi connectivity index (χ4n) is 4.70. The fourth-order valence-corrected chi connectivity index (χ4v) is 4.70. The van der Waals surface area contributed by atoms with Gasteiger partial charge in [0.15, 0.2) is 5.78 Å². The quantitative estimate of drug-likeness (QED) is 0.310. The molecular formula is C34H43N3O8. The molecule has 3 rings (SSSR count). The molecule has 0 aromatic heterocycles. The van der Waals surface area contributed by atoms with E-state index in [0.717, 1.165) is 5.56 Å². The van der Waals surface area contributed by atoms with Crippen LogP contribution in [0.3, 0.4) is 0 Å². The maximum absolute atomic E-state index is 13.6. The first kappa shape index (κ1) is 34.8. The van der Waals surface area contributed by atoms with E-state index in [9.17, 15) is 29.1 Å². The summed E-state index contributed by atoms with van der Waals surface area (Å²) in [7, 11) is 0. The zero-order valence-corrected chi connectivity index (χ0v) is 26.4. The summed E-state index contributed by atoms with van der Waals surface area (Å²) in [5, 5.41) is 17.7. The molecule has 0 aliphatic carbocycles. The maximum Gasteiger partial charge on any atom is 0.408 e. The topological polar surface area (TPSA) is 160 Å². The summed E-state index contributed by atoms with van der Waals surface area (Å²) in [4.78, 5) is 65.6. The number of hydrogen-bond acceptors (Lipinski definition) is 8. The number of alkyl carbamates (subject to hydrolysis) is 1. The summed E-state index contributed by atoms with van der Waals surface area (Å²) in [6, 6.07) is 12.4. The average Bonchev–Trinajstić information content (AvgIpc) is 2.96. The Balaban J connectivity index is 1.85. The molecule has 0 saturated heterocycles. The minimum absolute atomic E-state index is 0.0534. The number of carbonyl (C=O) groups is 5. The van der Waals surface area contributed by atoms with Gasteiger partial charge >= 0.3 is 12.1 Å². The minimum atomic E-state index is -1.10. The van der Waals surface area contributed by atoms with Crippen molar-refractivity contribution in [2.45, 2.75) is 77.6 Å². The third-order valence-electron chi connectivity index (χ3n) is 7.01. The van der Waals surface area contributed by atoms with Crippen molar-refractivity contribution in [2.24, 2.45) is 11.8 Å². The van der Waals surface area contributed by atoms with E-state index in [4.69, 9.17) is 9.47 Å². The number of Topliss-reactive ketones (excluding diaryl/α,β-unsaturated/α-hetero) is 1. The smallest absolute Gasteiger partial charge is 0.408 e. The molecule has 0 bridgehead atoms. The summed E-state index contributed by atoms with van der Waals surface area (Å²) in [6.45, 7) is 8.43. The predicted octanol–water partition coefficient (Wildman–Crippen LogP) is 3.38. The Hall–Kier alpha value is -4.67. The Bertz CT molecular complexity index is 1370. The molecule has 2 aromatic rings. The normalized spacial score (nSPS) is 20.8. The SMILES string of the molecule is CC(C)[C@@H]1NC(=O)/C=C/[C@@H](CC(=O)[C@H](Cc2ccccc2)NC(=O)OC(C)(C)C)COC(=O)[C@H](Cc2ccc(O)cc2)NC1=O. The van der Waals surface area contributed by atoms with E-state index in [1.165, 1.54) is 24.3 Å². The van der Waals surface area contributed by atoms with Gasteiger partial charge in [0.05, 0.1) is 12.6 Å².